The molecule has 0 saturated carbocycles. The zero-order chi connectivity index (χ0) is 37.4. The molecule has 0 unspecified atom stereocenters. The molecule has 51 heavy (non-hydrogen) atoms. The summed E-state index contributed by atoms with van der Waals surface area (Å²) < 4.78 is 32.1. The van der Waals surface area contributed by atoms with E-state index >= 15 is 0 Å². The third kappa shape index (κ3) is 7.76. The Kier molecular flexibility index (Phi) is 12.3. The van der Waals surface area contributed by atoms with Gasteiger partial charge in [-0.25, -0.2) is 19.6 Å². The SMILES string of the molecule is CC[C@@H]1OC(=O)/C(C)=C/[C@@H](C)[C@H](O[C@@H]2O[C@H](C)C[C@H](N(C)C)[C@H]2O)[C@](C)(OC)C[C@@H](C)[C@H]2[C@H](C)[C@H]3N(C(=O)O[C@]13C)N2CCCc1ccccc1. The molecule has 1 amide bonds. The van der Waals surface area contributed by atoms with Gasteiger partial charge in [-0.2, -0.15) is 0 Å². The minimum Gasteiger partial charge on any atom is -0.455 e. The highest BCUT2D eigenvalue weighted by molar-refractivity contribution is 5.88. The largest absolute Gasteiger partial charge is 0.455 e. The van der Waals surface area contributed by atoms with Crippen molar-refractivity contribution in [3.05, 3.63) is 47.5 Å². The number of likely N-dealkylation sites (N-methyl/N-ethyl adjacent to an activating group) is 1. The highest BCUT2D eigenvalue weighted by atomic mass is 16.7. The van der Waals surface area contributed by atoms with Gasteiger partial charge in [0.05, 0.1) is 23.9 Å². The maximum atomic E-state index is 13.9. The van der Waals surface area contributed by atoms with Crippen LogP contribution in [0.4, 0.5) is 4.79 Å². The molecule has 1 aromatic rings. The number of carbonyl (C=O) groups excluding carboxylic acids is 2. The number of aliphatic hydroxyl groups is 1. The first-order valence-electron chi connectivity index (χ1n) is 19.0. The number of benzene rings is 1. The van der Waals surface area contributed by atoms with E-state index in [1.54, 1.807) is 14.0 Å². The number of carbonyl (C=O) groups is 2. The third-order valence-electron chi connectivity index (χ3n) is 12.2. The summed E-state index contributed by atoms with van der Waals surface area (Å²) in [4.78, 5) is 29.8. The van der Waals surface area contributed by atoms with E-state index in [-0.39, 0.29) is 42.0 Å². The Morgan fingerprint density at radius 1 is 1.08 bits per heavy atom. The van der Waals surface area contributed by atoms with Crippen LogP contribution >= 0.6 is 0 Å². The highest BCUT2D eigenvalue weighted by Crippen LogP contribution is 2.50. The number of nitrogens with zero attached hydrogens (tertiary/aromatic N) is 3. The molecule has 4 aliphatic rings. The van der Waals surface area contributed by atoms with Gasteiger partial charge in [-0.05, 0) is 91.3 Å². The second-order valence-electron chi connectivity index (χ2n) is 16.3. The van der Waals surface area contributed by atoms with E-state index in [9.17, 15) is 14.7 Å². The lowest BCUT2D eigenvalue weighted by atomic mass is 9.73. The van der Waals surface area contributed by atoms with Crippen LogP contribution in [0.5, 0.6) is 0 Å². The van der Waals surface area contributed by atoms with Crippen molar-refractivity contribution in [2.24, 2.45) is 17.8 Å². The van der Waals surface area contributed by atoms with Crippen LogP contribution in [0.15, 0.2) is 42.0 Å². The van der Waals surface area contributed by atoms with Crippen molar-refractivity contribution < 1.29 is 38.4 Å². The standard InChI is InChI=1S/C40H63N3O8/c1-12-31-40(8)34-28(6)32(42(43(34)38(46)51-40)20-16-19-29-17-14-13-15-18-29)26(4)23-39(7,47-11)35(24(2)21-25(3)36(45)49-31)50-37-33(44)30(41(9)10)22-27(5)48-37/h13-15,17-18,21,24,26-28,30-35,37,44H,12,16,19-20,22-23H2,1-11H3/b25-21+/t24-,26-,27-,28+,30+,31+,32+,33-,34-,35+,37+,39-,40-/m1/s1. The average Bonchev–Trinajstić information content (AvgIpc) is 3.54. The maximum Gasteiger partial charge on any atom is 0.425 e. The molecule has 4 aliphatic heterocycles. The van der Waals surface area contributed by atoms with E-state index in [4.69, 9.17) is 23.7 Å². The minimum atomic E-state index is -1.05. The summed E-state index contributed by atoms with van der Waals surface area (Å²) in [5, 5.41) is 15.6. The molecule has 0 radical (unpaired) electrons. The summed E-state index contributed by atoms with van der Waals surface area (Å²) in [7, 11) is 5.60. The monoisotopic (exact) mass is 713 g/mol. The van der Waals surface area contributed by atoms with Crippen LogP contribution in [0.2, 0.25) is 0 Å². The van der Waals surface area contributed by atoms with Crippen LogP contribution in [0.1, 0.15) is 86.6 Å². The molecule has 1 N–H and O–H groups in total. The molecule has 2 bridgehead atoms. The fourth-order valence-corrected chi connectivity index (χ4v) is 9.75. The number of ether oxygens (including phenoxy) is 5. The molecule has 4 heterocycles. The van der Waals surface area contributed by atoms with Crippen molar-refractivity contribution >= 4 is 12.1 Å². The molecule has 5 rings (SSSR count). The second-order valence-corrected chi connectivity index (χ2v) is 16.3. The summed E-state index contributed by atoms with van der Waals surface area (Å²) in [5.41, 5.74) is -0.252. The van der Waals surface area contributed by atoms with Crippen LogP contribution in [0.25, 0.3) is 0 Å². The van der Waals surface area contributed by atoms with Crippen molar-refractivity contribution in [2.75, 3.05) is 27.7 Å². The maximum absolute atomic E-state index is 13.9. The average molecular weight is 714 g/mol. The van der Waals surface area contributed by atoms with E-state index in [0.29, 0.717) is 31.4 Å². The van der Waals surface area contributed by atoms with E-state index in [2.05, 4.69) is 43.1 Å². The Balaban J connectivity index is 1.56. The van der Waals surface area contributed by atoms with Gasteiger partial charge in [-0.3, -0.25) is 0 Å². The first-order chi connectivity index (χ1) is 24.1. The van der Waals surface area contributed by atoms with E-state index in [1.165, 1.54) is 5.56 Å². The summed E-state index contributed by atoms with van der Waals surface area (Å²) in [5.74, 6) is -0.787. The predicted octanol–water partition coefficient (Wildman–Crippen LogP) is 5.59. The molecule has 0 aromatic heterocycles. The first-order valence-corrected chi connectivity index (χ1v) is 19.0. The van der Waals surface area contributed by atoms with Gasteiger partial charge < -0.3 is 33.7 Å². The Morgan fingerprint density at radius 3 is 2.39 bits per heavy atom. The van der Waals surface area contributed by atoms with Crippen LogP contribution in [0, 0.1) is 17.8 Å². The van der Waals surface area contributed by atoms with Crippen molar-refractivity contribution in [3.63, 3.8) is 0 Å². The van der Waals surface area contributed by atoms with Gasteiger partial charge in [-0.15, -0.1) is 0 Å². The minimum absolute atomic E-state index is 0.0244. The van der Waals surface area contributed by atoms with Gasteiger partial charge in [0.2, 0.25) is 0 Å². The number of cyclic esters (lactones) is 1. The number of aryl methyl sites for hydroxylation is 1. The zero-order valence-electron chi connectivity index (χ0n) is 32.7. The number of fused-ring (bicyclic) bond motifs is 1. The van der Waals surface area contributed by atoms with Gasteiger partial charge in [0.25, 0.3) is 0 Å². The lowest BCUT2D eigenvalue weighted by molar-refractivity contribution is -0.295. The molecular weight excluding hydrogens is 650 g/mol. The second kappa shape index (κ2) is 15.8. The number of aliphatic hydroxyl groups excluding tert-OH is 1. The van der Waals surface area contributed by atoms with Crippen LogP contribution in [-0.4, -0.2) is 120 Å². The molecule has 11 heteroatoms. The lowest BCUT2D eigenvalue weighted by Crippen LogP contribution is -2.58. The van der Waals surface area contributed by atoms with Crippen molar-refractivity contribution in [1.29, 1.82) is 0 Å². The van der Waals surface area contributed by atoms with Gasteiger partial charge in [-0.1, -0.05) is 64.1 Å². The predicted molar refractivity (Wildman–Crippen MR) is 195 cm³/mol. The Labute approximate surface area is 305 Å². The van der Waals surface area contributed by atoms with Gasteiger partial charge in [0, 0.05) is 37.2 Å². The van der Waals surface area contributed by atoms with Crippen molar-refractivity contribution in [3.8, 4) is 0 Å². The molecule has 3 saturated heterocycles. The number of hydrazine groups is 1. The van der Waals surface area contributed by atoms with Gasteiger partial charge in [0.1, 0.15) is 12.2 Å². The number of rotatable bonds is 9. The highest BCUT2D eigenvalue weighted by Gasteiger charge is 2.66. The normalized spacial score (nSPS) is 41.9. The topological polar surface area (TPSA) is 110 Å². The summed E-state index contributed by atoms with van der Waals surface area (Å²) in [6.45, 7) is 16.8. The van der Waals surface area contributed by atoms with E-state index in [1.807, 2.05) is 70.8 Å². The zero-order valence-corrected chi connectivity index (χ0v) is 32.7. The number of esters is 1. The molecule has 0 spiro atoms. The number of hydrogen-bond donors (Lipinski definition) is 1. The molecular formula is C40H63N3O8. The smallest absolute Gasteiger partial charge is 0.425 e. The molecule has 3 fully saturated rings. The van der Waals surface area contributed by atoms with Gasteiger partial charge >= 0.3 is 12.1 Å². The fourth-order valence-electron chi connectivity index (χ4n) is 9.75. The van der Waals surface area contributed by atoms with Crippen LogP contribution in [0.3, 0.4) is 0 Å². The Hall–Kier alpha value is -2.54. The molecule has 0 aliphatic carbocycles. The molecule has 286 valence electrons. The van der Waals surface area contributed by atoms with Crippen molar-refractivity contribution in [1.82, 2.24) is 14.9 Å². The van der Waals surface area contributed by atoms with E-state index < -0.39 is 47.9 Å². The third-order valence-corrected chi connectivity index (χ3v) is 12.2. The van der Waals surface area contributed by atoms with Crippen LogP contribution < -0.4 is 0 Å². The molecule has 1 aromatic carbocycles. The summed E-state index contributed by atoms with van der Waals surface area (Å²) >= 11 is 0. The number of hydrogen-bond acceptors (Lipinski definition) is 10. The van der Waals surface area contributed by atoms with Crippen LogP contribution in [-0.2, 0) is 34.9 Å². The number of methoxy groups -OCH3 is 1. The van der Waals surface area contributed by atoms with Crippen molar-refractivity contribution in [2.45, 2.75) is 148 Å². The Bertz CT molecular complexity index is 1390. The quantitative estimate of drug-likeness (QED) is 0.325. The fraction of sp³-hybridized carbons (Fsp3) is 0.750. The molecule has 11 nitrogen and oxygen atoms in total. The lowest BCUT2D eigenvalue weighted by Gasteiger charge is -2.47. The van der Waals surface area contributed by atoms with E-state index in [0.717, 1.165) is 12.8 Å². The summed E-state index contributed by atoms with van der Waals surface area (Å²) in [6, 6.07) is 9.85. The Morgan fingerprint density at radius 2 is 1.76 bits per heavy atom. The first kappa shape index (κ1) is 39.7. The molecule has 13 atom stereocenters. The summed E-state index contributed by atoms with van der Waals surface area (Å²) in [6.07, 6.45) is 1.75. The van der Waals surface area contributed by atoms with Gasteiger partial charge in [0.15, 0.2) is 11.9 Å². The number of amides is 1.